The molecule has 0 fully saturated rings. The lowest BCUT2D eigenvalue weighted by atomic mass is 9.91. The summed E-state index contributed by atoms with van der Waals surface area (Å²) in [6.45, 7) is 0. The van der Waals surface area contributed by atoms with Crippen molar-refractivity contribution in [1.29, 1.82) is 0 Å². The summed E-state index contributed by atoms with van der Waals surface area (Å²) in [5.41, 5.74) is 8.23. The third-order valence-corrected chi connectivity index (χ3v) is 9.40. The van der Waals surface area contributed by atoms with E-state index in [0.29, 0.717) is 0 Å². The van der Waals surface area contributed by atoms with E-state index in [4.69, 9.17) is 0 Å². The van der Waals surface area contributed by atoms with Gasteiger partial charge in [-0.1, -0.05) is 146 Å². The number of nitrogens with zero attached hydrogens (tertiary/aromatic N) is 1. The first kappa shape index (κ1) is 27.2. The highest BCUT2D eigenvalue weighted by molar-refractivity contribution is 6.19. The minimum Gasteiger partial charge on any atom is -0.310 e. The van der Waals surface area contributed by atoms with E-state index in [-0.39, 0.29) is 0 Å². The van der Waals surface area contributed by atoms with Gasteiger partial charge in [0.15, 0.2) is 0 Å². The van der Waals surface area contributed by atoms with Crippen LogP contribution in [0.4, 0.5) is 17.1 Å². The molecule has 0 N–H and O–H groups in total. The number of hydrogen-bond acceptors (Lipinski definition) is 1. The first-order chi connectivity index (χ1) is 23.3. The van der Waals surface area contributed by atoms with Crippen LogP contribution in [0.5, 0.6) is 0 Å². The number of hydrogen-bond donors (Lipinski definition) is 0. The summed E-state index contributed by atoms with van der Waals surface area (Å²) in [5.74, 6) is 0. The molecule has 0 radical (unpaired) electrons. The Hall–Kier alpha value is -6.18. The van der Waals surface area contributed by atoms with E-state index in [1.54, 1.807) is 0 Å². The monoisotopic (exact) mass is 597 g/mol. The molecule has 0 aromatic heterocycles. The number of anilines is 3. The fourth-order valence-corrected chi connectivity index (χ4v) is 7.14. The highest BCUT2D eigenvalue weighted by Gasteiger charge is 2.15. The third kappa shape index (κ3) is 4.81. The van der Waals surface area contributed by atoms with Crippen LogP contribution in [0.3, 0.4) is 0 Å². The maximum Gasteiger partial charge on any atom is 0.0468 e. The largest absolute Gasteiger partial charge is 0.310 e. The summed E-state index contributed by atoms with van der Waals surface area (Å²) in [6.07, 6.45) is 0. The predicted molar refractivity (Wildman–Crippen MR) is 202 cm³/mol. The molecule has 0 amide bonds. The van der Waals surface area contributed by atoms with Crippen molar-refractivity contribution in [2.24, 2.45) is 0 Å². The highest BCUT2D eigenvalue weighted by Crippen LogP contribution is 2.40. The van der Waals surface area contributed by atoms with Crippen molar-refractivity contribution >= 4 is 60.2 Å². The van der Waals surface area contributed by atoms with Crippen LogP contribution in [0.15, 0.2) is 188 Å². The number of rotatable bonds is 5. The quantitative estimate of drug-likeness (QED) is 0.178. The van der Waals surface area contributed by atoms with Crippen molar-refractivity contribution in [3.05, 3.63) is 188 Å². The molecule has 0 atom stereocenters. The highest BCUT2D eigenvalue weighted by atomic mass is 15.1. The number of benzene rings is 9. The van der Waals surface area contributed by atoms with Crippen molar-refractivity contribution < 1.29 is 0 Å². The van der Waals surface area contributed by atoms with Gasteiger partial charge >= 0.3 is 0 Å². The second-order valence-corrected chi connectivity index (χ2v) is 12.2. The van der Waals surface area contributed by atoms with Gasteiger partial charge in [-0.05, 0) is 108 Å². The topological polar surface area (TPSA) is 3.24 Å². The van der Waals surface area contributed by atoms with Crippen molar-refractivity contribution in [3.63, 3.8) is 0 Å². The van der Waals surface area contributed by atoms with E-state index in [1.807, 2.05) is 0 Å². The lowest BCUT2D eigenvalue weighted by Crippen LogP contribution is -2.09. The minimum absolute atomic E-state index is 1.12. The molecule has 0 saturated heterocycles. The van der Waals surface area contributed by atoms with E-state index in [2.05, 4.69) is 193 Å². The van der Waals surface area contributed by atoms with E-state index in [1.165, 1.54) is 65.3 Å². The van der Waals surface area contributed by atoms with Crippen molar-refractivity contribution in [3.8, 4) is 22.3 Å². The first-order valence-electron chi connectivity index (χ1n) is 16.2. The van der Waals surface area contributed by atoms with Gasteiger partial charge < -0.3 is 4.90 Å². The molecule has 0 aliphatic heterocycles. The van der Waals surface area contributed by atoms with Crippen molar-refractivity contribution in [1.82, 2.24) is 0 Å². The van der Waals surface area contributed by atoms with Gasteiger partial charge in [-0.25, -0.2) is 0 Å². The molecule has 0 heterocycles. The standard InChI is InChI=1S/C46H31N/c1-2-17-38(18-3-1)47(40-25-23-32-11-4-5-13-35(32)30-40)39-19-9-15-36(31-39)34-14-8-16-37(29-34)42-21-10-22-43-45(42)28-27-44-41-20-7-6-12-33(41)24-26-46(43)44/h1-31H. The molecule has 0 bridgehead atoms. The lowest BCUT2D eigenvalue weighted by molar-refractivity contribution is 1.29. The zero-order chi connectivity index (χ0) is 31.2. The summed E-state index contributed by atoms with van der Waals surface area (Å²) in [7, 11) is 0. The van der Waals surface area contributed by atoms with Gasteiger partial charge in [0.2, 0.25) is 0 Å². The molecule has 9 aromatic carbocycles. The zero-order valence-corrected chi connectivity index (χ0v) is 25.8. The molecule has 9 rings (SSSR count). The molecule has 9 aromatic rings. The molecule has 0 aliphatic carbocycles. The molecule has 0 spiro atoms. The smallest absolute Gasteiger partial charge is 0.0468 e. The Labute approximate surface area is 274 Å². The predicted octanol–water partition coefficient (Wildman–Crippen LogP) is 13.1. The molecule has 1 heteroatoms. The molecule has 220 valence electrons. The Kier molecular flexibility index (Phi) is 6.54. The van der Waals surface area contributed by atoms with Gasteiger partial charge in [0.1, 0.15) is 0 Å². The van der Waals surface area contributed by atoms with Crippen LogP contribution in [0.2, 0.25) is 0 Å². The van der Waals surface area contributed by atoms with Gasteiger partial charge in [0.25, 0.3) is 0 Å². The average Bonchev–Trinajstić information content (AvgIpc) is 3.15. The van der Waals surface area contributed by atoms with E-state index in [9.17, 15) is 0 Å². The average molecular weight is 598 g/mol. The molecular formula is C46H31N. The second kappa shape index (κ2) is 11.3. The van der Waals surface area contributed by atoms with Crippen LogP contribution in [0, 0.1) is 0 Å². The zero-order valence-electron chi connectivity index (χ0n) is 25.8. The van der Waals surface area contributed by atoms with Gasteiger partial charge in [0.05, 0.1) is 0 Å². The number of fused-ring (bicyclic) bond motifs is 6. The second-order valence-electron chi connectivity index (χ2n) is 12.2. The minimum atomic E-state index is 1.12. The summed E-state index contributed by atoms with van der Waals surface area (Å²) < 4.78 is 0. The van der Waals surface area contributed by atoms with Gasteiger partial charge in [0, 0.05) is 17.1 Å². The van der Waals surface area contributed by atoms with Crippen LogP contribution < -0.4 is 4.90 Å². The Morgan fingerprint density at radius 2 is 0.809 bits per heavy atom. The molecule has 1 nitrogen and oxygen atoms in total. The fraction of sp³-hybridized carbons (Fsp3) is 0. The summed E-state index contributed by atoms with van der Waals surface area (Å²) >= 11 is 0. The van der Waals surface area contributed by atoms with Crippen LogP contribution in [0.1, 0.15) is 0 Å². The summed E-state index contributed by atoms with van der Waals surface area (Å²) in [5, 5.41) is 10.2. The van der Waals surface area contributed by atoms with E-state index in [0.717, 1.165) is 17.1 Å². The lowest BCUT2D eigenvalue weighted by Gasteiger charge is -2.26. The third-order valence-electron chi connectivity index (χ3n) is 9.40. The normalized spacial score (nSPS) is 11.4. The van der Waals surface area contributed by atoms with Crippen molar-refractivity contribution in [2.75, 3.05) is 4.90 Å². The van der Waals surface area contributed by atoms with Crippen LogP contribution in [-0.4, -0.2) is 0 Å². The Morgan fingerprint density at radius 1 is 0.255 bits per heavy atom. The molecule has 0 unspecified atom stereocenters. The Morgan fingerprint density at radius 3 is 1.70 bits per heavy atom. The van der Waals surface area contributed by atoms with Crippen LogP contribution >= 0.6 is 0 Å². The number of para-hydroxylation sites is 1. The molecule has 47 heavy (non-hydrogen) atoms. The van der Waals surface area contributed by atoms with E-state index >= 15 is 0 Å². The van der Waals surface area contributed by atoms with Gasteiger partial charge in [-0.3, -0.25) is 0 Å². The summed E-state index contributed by atoms with van der Waals surface area (Å²) in [6, 6.07) is 68.2. The fourth-order valence-electron chi connectivity index (χ4n) is 7.14. The maximum atomic E-state index is 2.35. The van der Waals surface area contributed by atoms with E-state index < -0.39 is 0 Å². The van der Waals surface area contributed by atoms with Crippen molar-refractivity contribution in [2.45, 2.75) is 0 Å². The molecule has 0 saturated carbocycles. The molecular weight excluding hydrogens is 567 g/mol. The van der Waals surface area contributed by atoms with Gasteiger partial charge in [-0.2, -0.15) is 0 Å². The van der Waals surface area contributed by atoms with Crippen LogP contribution in [0.25, 0.3) is 65.3 Å². The SMILES string of the molecule is c1ccc(N(c2cccc(-c3cccc(-c4cccc5c4ccc4c6ccccc6ccc54)c3)c2)c2ccc3ccccc3c2)cc1. The molecule has 0 aliphatic rings. The van der Waals surface area contributed by atoms with Gasteiger partial charge in [-0.15, -0.1) is 0 Å². The van der Waals surface area contributed by atoms with Crippen LogP contribution in [-0.2, 0) is 0 Å². The Balaban J connectivity index is 1.15. The Bertz CT molecular complexity index is 2580. The first-order valence-corrected chi connectivity index (χ1v) is 16.2. The summed E-state index contributed by atoms with van der Waals surface area (Å²) in [4.78, 5) is 2.35. The maximum absolute atomic E-state index is 2.35.